The number of aromatic nitrogens is 3. The van der Waals surface area contributed by atoms with Crippen molar-refractivity contribution < 1.29 is 0 Å². The molecule has 51 heavy (non-hydrogen) atoms. The normalized spacial score (nSPS) is 13.5. The summed E-state index contributed by atoms with van der Waals surface area (Å²) in [6.07, 6.45) is 4.50. The summed E-state index contributed by atoms with van der Waals surface area (Å²) in [4.78, 5) is 0. The lowest BCUT2D eigenvalue weighted by molar-refractivity contribution is 0.981. The maximum atomic E-state index is 2.51. The molecule has 238 valence electrons. The van der Waals surface area contributed by atoms with Gasteiger partial charge < -0.3 is 13.5 Å². The highest BCUT2D eigenvalue weighted by Crippen LogP contribution is 2.45. The predicted molar refractivity (Wildman–Crippen MR) is 215 cm³/mol. The second-order valence-corrected chi connectivity index (χ2v) is 14.0. The van der Waals surface area contributed by atoms with Gasteiger partial charge in [0.2, 0.25) is 0 Å². The van der Waals surface area contributed by atoms with Crippen LogP contribution in [0.15, 0.2) is 158 Å². The van der Waals surface area contributed by atoms with Crippen molar-refractivity contribution in [3.8, 4) is 11.4 Å². The average molecular weight is 650 g/mol. The lowest BCUT2D eigenvalue weighted by atomic mass is 9.90. The average Bonchev–Trinajstić information content (AvgIpc) is 3.92. The van der Waals surface area contributed by atoms with E-state index in [9.17, 15) is 0 Å². The van der Waals surface area contributed by atoms with Gasteiger partial charge in [0.15, 0.2) is 0 Å². The molecule has 11 aromatic rings. The standard InChI is InChI=1S/C48H31N3/c1-2-12-32(13-3-1)49-40-18-8-4-14-33(40)36-24-22-31(29-46(36)49)30-23-26-44-39(28-30)35-16-6-9-19-41(35)50(44)45-27-25-37-34-15-5-10-20-42(34)51-43-21-11-7-17-38(43)47(45)48(37)51/h1-21,23,25-29H,22,24H2. The molecule has 0 atom stereocenters. The summed E-state index contributed by atoms with van der Waals surface area (Å²) in [5, 5.41) is 9.13. The van der Waals surface area contributed by atoms with Gasteiger partial charge in [-0.3, -0.25) is 0 Å². The van der Waals surface area contributed by atoms with E-state index in [1.165, 1.54) is 105 Å². The zero-order valence-electron chi connectivity index (χ0n) is 27.8. The van der Waals surface area contributed by atoms with Crippen LogP contribution < -0.4 is 0 Å². The first-order chi connectivity index (χ1) is 25.3. The molecule has 0 saturated carbocycles. The lowest BCUT2D eigenvalue weighted by Gasteiger charge is -2.17. The molecule has 0 spiro atoms. The minimum Gasteiger partial charge on any atom is -0.310 e. The molecule has 4 aromatic heterocycles. The van der Waals surface area contributed by atoms with Crippen molar-refractivity contribution in [3.63, 3.8) is 0 Å². The largest absolute Gasteiger partial charge is 0.310 e. The summed E-state index contributed by atoms with van der Waals surface area (Å²) in [5.41, 5.74) is 15.4. The third-order valence-electron chi connectivity index (χ3n) is 11.5. The summed E-state index contributed by atoms with van der Waals surface area (Å²) >= 11 is 0. The van der Waals surface area contributed by atoms with Crippen LogP contribution >= 0.6 is 0 Å². The van der Waals surface area contributed by atoms with Gasteiger partial charge in [-0.05, 0) is 90.2 Å². The second kappa shape index (κ2) is 9.99. The summed E-state index contributed by atoms with van der Waals surface area (Å²) in [6.45, 7) is 0. The van der Waals surface area contributed by atoms with E-state index in [-0.39, 0.29) is 0 Å². The summed E-state index contributed by atoms with van der Waals surface area (Å²) in [7, 11) is 0. The van der Waals surface area contributed by atoms with Crippen LogP contribution in [0.1, 0.15) is 23.2 Å². The highest BCUT2D eigenvalue weighted by Gasteiger charge is 2.24. The van der Waals surface area contributed by atoms with E-state index in [0.29, 0.717) is 0 Å². The Morgan fingerprint density at radius 3 is 1.80 bits per heavy atom. The molecule has 3 nitrogen and oxygen atoms in total. The van der Waals surface area contributed by atoms with Crippen molar-refractivity contribution in [2.24, 2.45) is 0 Å². The van der Waals surface area contributed by atoms with Gasteiger partial charge in [0.05, 0.1) is 44.5 Å². The van der Waals surface area contributed by atoms with E-state index in [0.717, 1.165) is 12.8 Å². The van der Waals surface area contributed by atoms with Crippen LogP contribution in [-0.2, 0) is 6.42 Å². The van der Waals surface area contributed by atoms with E-state index < -0.39 is 0 Å². The number of aryl methyl sites for hydroxylation is 1. The van der Waals surface area contributed by atoms with Crippen LogP contribution in [0.5, 0.6) is 0 Å². The number of rotatable bonds is 3. The van der Waals surface area contributed by atoms with Crippen molar-refractivity contribution in [3.05, 3.63) is 175 Å². The Kier molecular flexibility index (Phi) is 5.34. The molecular formula is C48H31N3. The van der Waals surface area contributed by atoms with Gasteiger partial charge in [-0.1, -0.05) is 103 Å². The monoisotopic (exact) mass is 649 g/mol. The van der Waals surface area contributed by atoms with Crippen molar-refractivity contribution >= 4 is 82.5 Å². The van der Waals surface area contributed by atoms with Crippen LogP contribution in [0.25, 0.3) is 93.8 Å². The topological polar surface area (TPSA) is 14.3 Å². The molecule has 0 N–H and O–H groups in total. The quantitative estimate of drug-likeness (QED) is 0.181. The lowest BCUT2D eigenvalue weighted by Crippen LogP contribution is -2.03. The van der Waals surface area contributed by atoms with Gasteiger partial charge in [0.25, 0.3) is 0 Å². The Morgan fingerprint density at radius 2 is 1.02 bits per heavy atom. The highest BCUT2D eigenvalue weighted by molar-refractivity contribution is 6.26. The SMILES string of the molecule is C1=C(c2ccc3c(c2)c2ccccc2n3-c2ccc3c4ccccc4n4c5ccccc5c2c34)CCc2c1n(-c1ccccc1)c1ccccc21. The van der Waals surface area contributed by atoms with Gasteiger partial charge in [-0.15, -0.1) is 0 Å². The maximum absolute atomic E-state index is 2.51. The van der Waals surface area contributed by atoms with Crippen LogP contribution in [0.2, 0.25) is 0 Å². The molecule has 1 aliphatic carbocycles. The second-order valence-electron chi connectivity index (χ2n) is 14.0. The Morgan fingerprint density at radius 1 is 0.412 bits per heavy atom. The Balaban J connectivity index is 1.11. The molecule has 1 aliphatic rings. The Labute approximate surface area is 293 Å². The molecule has 0 saturated heterocycles. The molecular weight excluding hydrogens is 619 g/mol. The number of para-hydroxylation sites is 5. The molecule has 0 unspecified atom stereocenters. The molecule has 0 fully saturated rings. The zero-order valence-corrected chi connectivity index (χ0v) is 27.8. The van der Waals surface area contributed by atoms with E-state index in [4.69, 9.17) is 0 Å². The van der Waals surface area contributed by atoms with E-state index in [2.05, 4.69) is 177 Å². The number of hydrogen-bond donors (Lipinski definition) is 0. The third kappa shape index (κ3) is 3.57. The molecule has 4 heterocycles. The predicted octanol–water partition coefficient (Wildman–Crippen LogP) is 12.4. The van der Waals surface area contributed by atoms with Crippen LogP contribution in [0.3, 0.4) is 0 Å². The number of benzene rings is 7. The van der Waals surface area contributed by atoms with E-state index in [1.807, 2.05) is 0 Å². The first kappa shape index (κ1) is 27.3. The van der Waals surface area contributed by atoms with Crippen LogP contribution in [-0.4, -0.2) is 13.5 Å². The van der Waals surface area contributed by atoms with E-state index in [1.54, 1.807) is 0 Å². The van der Waals surface area contributed by atoms with Crippen LogP contribution in [0.4, 0.5) is 0 Å². The number of nitrogens with zero attached hydrogens (tertiary/aromatic N) is 3. The molecule has 0 radical (unpaired) electrons. The molecule has 7 aromatic carbocycles. The minimum absolute atomic E-state index is 1.02. The number of fused-ring (bicyclic) bond motifs is 12. The zero-order chi connectivity index (χ0) is 33.2. The van der Waals surface area contributed by atoms with Crippen molar-refractivity contribution in [1.82, 2.24) is 13.5 Å². The first-order valence-corrected chi connectivity index (χ1v) is 17.9. The molecule has 12 rings (SSSR count). The minimum atomic E-state index is 1.02. The smallest absolute Gasteiger partial charge is 0.0641 e. The van der Waals surface area contributed by atoms with E-state index >= 15 is 0 Å². The molecule has 0 aliphatic heterocycles. The fraction of sp³-hybridized carbons (Fsp3) is 0.0417. The van der Waals surface area contributed by atoms with Crippen molar-refractivity contribution in [2.45, 2.75) is 12.8 Å². The van der Waals surface area contributed by atoms with Crippen molar-refractivity contribution in [2.75, 3.05) is 0 Å². The van der Waals surface area contributed by atoms with Gasteiger partial charge in [0.1, 0.15) is 0 Å². The van der Waals surface area contributed by atoms with Gasteiger partial charge in [-0.25, -0.2) is 0 Å². The Bertz CT molecular complexity index is 3240. The van der Waals surface area contributed by atoms with Gasteiger partial charge in [0, 0.05) is 43.4 Å². The number of hydrogen-bond acceptors (Lipinski definition) is 0. The first-order valence-electron chi connectivity index (χ1n) is 17.9. The van der Waals surface area contributed by atoms with Crippen LogP contribution in [0, 0.1) is 0 Å². The van der Waals surface area contributed by atoms with Gasteiger partial charge >= 0.3 is 0 Å². The van der Waals surface area contributed by atoms with Gasteiger partial charge in [-0.2, -0.15) is 0 Å². The third-order valence-corrected chi connectivity index (χ3v) is 11.5. The summed E-state index contributed by atoms with van der Waals surface area (Å²) in [5.74, 6) is 0. The Hall–Kier alpha value is -6.58. The summed E-state index contributed by atoms with van der Waals surface area (Å²) in [6, 6.07) is 58.2. The fourth-order valence-electron chi connectivity index (χ4n) is 9.38. The van der Waals surface area contributed by atoms with Crippen molar-refractivity contribution in [1.29, 1.82) is 0 Å². The molecule has 0 bridgehead atoms. The molecule has 3 heteroatoms. The maximum Gasteiger partial charge on any atom is 0.0641 e. The number of allylic oxidation sites excluding steroid dienone is 1. The summed E-state index contributed by atoms with van der Waals surface area (Å²) < 4.78 is 7.43. The highest BCUT2D eigenvalue weighted by atomic mass is 15.0. The molecule has 0 amide bonds. The fourth-order valence-corrected chi connectivity index (χ4v) is 9.38.